The molecule has 13 heavy (non-hydrogen) atoms. The molecule has 0 amide bonds. The number of aromatic nitrogens is 2. The van der Waals surface area contributed by atoms with Gasteiger partial charge in [-0.1, -0.05) is 0 Å². The SMILES string of the molecule is CC1OB(c2cnn(C)c2)OC1C. The summed E-state index contributed by atoms with van der Waals surface area (Å²) < 4.78 is 12.9. The minimum Gasteiger partial charge on any atom is -0.402 e. The Hall–Kier alpha value is -0.805. The third-order valence-electron chi connectivity index (χ3n) is 2.33. The Morgan fingerprint density at radius 2 is 2.00 bits per heavy atom. The van der Waals surface area contributed by atoms with Crippen LogP contribution in [0.15, 0.2) is 12.4 Å². The van der Waals surface area contributed by atoms with E-state index in [-0.39, 0.29) is 19.3 Å². The molecule has 2 rings (SSSR count). The zero-order chi connectivity index (χ0) is 9.42. The van der Waals surface area contributed by atoms with Crippen LogP contribution in [0.4, 0.5) is 0 Å². The lowest BCUT2D eigenvalue weighted by Gasteiger charge is -2.04. The van der Waals surface area contributed by atoms with Gasteiger partial charge in [0.1, 0.15) is 0 Å². The zero-order valence-corrected chi connectivity index (χ0v) is 8.10. The van der Waals surface area contributed by atoms with Crippen LogP contribution < -0.4 is 5.46 Å². The van der Waals surface area contributed by atoms with E-state index in [0.717, 1.165) is 5.46 Å². The summed E-state index contributed by atoms with van der Waals surface area (Å²) in [7, 11) is 1.64. The summed E-state index contributed by atoms with van der Waals surface area (Å²) in [6.07, 6.45) is 4.00. The molecule has 70 valence electrons. The predicted molar refractivity (Wildman–Crippen MR) is 49.7 cm³/mol. The monoisotopic (exact) mass is 180 g/mol. The highest BCUT2D eigenvalue weighted by Crippen LogP contribution is 2.14. The lowest BCUT2D eigenvalue weighted by molar-refractivity contribution is 0.187. The van der Waals surface area contributed by atoms with Crippen LogP contribution in [-0.2, 0) is 16.4 Å². The van der Waals surface area contributed by atoms with E-state index in [4.69, 9.17) is 9.31 Å². The predicted octanol–water partition coefficient (Wildman–Crippen LogP) is -0.0609. The molecule has 0 N–H and O–H groups in total. The number of rotatable bonds is 1. The van der Waals surface area contributed by atoms with Gasteiger partial charge in [-0.2, -0.15) is 5.10 Å². The molecule has 1 fully saturated rings. The van der Waals surface area contributed by atoms with Gasteiger partial charge in [0.2, 0.25) is 0 Å². The van der Waals surface area contributed by atoms with Gasteiger partial charge in [-0.15, -0.1) is 0 Å². The third kappa shape index (κ3) is 1.62. The minimum absolute atomic E-state index is 0.158. The summed E-state index contributed by atoms with van der Waals surface area (Å²) in [4.78, 5) is 0. The van der Waals surface area contributed by atoms with E-state index in [2.05, 4.69) is 5.10 Å². The van der Waals surface area contributed by atoms with Crippen molar-refractivity contribution in [3.05, 3.63) is 12.4 Å². The van der Waals surface area contributed by atoms with E-state index in [1.165, 1.54) is 0 Å². The lowest BCUT2D eigenvalue weighted by atomic mass is 9.82. The fourth-order valence-corrected chi connectivity index (χ4v) is 1.36. The summed E-state index contributed by atoms with van der Waals surface area (Å²) in [6, 6.07) is 0. The summed E-state index contributed by atoms with van der Waals surface area (Å²) in [6.45, 7) is 4.03. The van der Waals surface area contributed by atoms with Crippen molar-refractivity contribution in [2.45, 2.75) is 26.1 Å². The minimum atomic E-state index is -0.237. The normalized spacial score (nSPS) is 28.4. The highest BCUT2D eigenvalue weighted by Gasteiger charge is 2.36. The van der Waals surface area contributed by atoms with Crippen LogP contribution in [0, 0.1) is 0 Å². The van der Waals surface area contributed by atoms with Crippen LogP contribution >= 0.6 is 0 Å². The second-order valence-electron chi connectivity index (χ2n) is 3.46. The summed E-state index contributed by atoms with van der Waals surface area (Å²) in [5.41, 5.74) is 0.985. The van der Waals surface area contributed by atoms with Crippen LogP contribution in [-0.4, -0.2) is 29.1 Å². The van der Waals surface area contributed by atoms with Gasteiger partial charge in [-0.05, 0) is 13.8 Å². The fourth-order valence-electron chi connectivity index (χ4n) is 1.36. The first-order chi connectivity index (χ1) is 6.16. The third-order valence-corrected chi connectivity index (χ3v) is 2.33. The maximum atomic E-state index is 5.60. The molecule has 4 nitrogen and oxygen atoms in total. The van der Waals surface area contributed by atoms with Gasteiger partial charge in [0, 0.05) is 24.9 Å². The molecule has 1 aromatic rings. The van der Waals surface area contributed by atoms with Gasteiger partial charge in [0.25, 0.3) is 0 Å². The van der Waals surface area contributed by atoms with Gasteiger partial charge < -0.3 is 9.31 Å². The Morgan fingerprint density at radius 3 is 2.46 bits per heavy atom. The van der Waals surface area contributed by atoms with Crippen LogP contribution in [0.5, 0.6) is 0 Å². The van der Waals surface area contributed by atoms with E-state index in [0.29, 0.717) is 0 Å². The van der Waals surface area contributed by atoms with E-state index < -0.39 is 0 Å². The van der Waals surface area contributed by atoms with Gasteiger partial charge in [-0.3, -0.25) is 4.68 Å². The highest BCUT2D eigenvalue weighted by molar-refractivity contribution is 6.61. The molecular formula is C8H13BN2O2. The number of nitrogens with zero attached hydrogens (tertiary/aromatic N) is 2. The molecule has 1 aromatic heterocycles. The summed E-state index contributed by atoms with van der Waals surface area (Å²) in [5, 5.41) is 4.07. The van der Waals surface area contributed by atoms with Gasteiger partial charge >= 0.3 is 7.12 Å². The lowest BCUT2D eigenvalue weighted by Crippen LogP contribution is -2.31. The first kappa shape index (κ1) is 8.78. The van der Waals surface area contributed by atoms with E-state index in [1.807, 2.05) is 27.1 Å². The topological polar surface area (TPSA) is 36.3 Å². The second-order valence-corrected chi connectivity index (χ2v) is 3.46. The molecule has 2 atom stereocenters. The molecule has 1 aliphatic rings. The van der Waals surface area contributed by atoms with E-state index >= 15 is 0 Å². The number of hydrogen-bond donors (Lipinski definition) is 0. The smallest absolute Gasteiger partial charge is 0.402 e. The number of aryl methyl sites for hydroxylation is 1. The van der Waals surface area contributed by atoms with Crippen LogP contribution in [0.1, 0.15) is 13.8 Å². The van der Waals surface area contributed by atoms with Crippen molar-refractivity contribution >= 4 is 12.6 Å². The molecule has 2 heterocycles. The Kier molecular flexibility index (Phi) is 2.13. The molecule has 1 aliphatic heterocycles. The van der Waals surface area contributed by atoms with Crippen molar-refractivity contribution in [1.29, 1.82) is 0 Å². The fraction of sp³-hybridized carbons (Fsp3) is 0.625. The molecule has 0 aliphatic carbocycles. The molecule has 5 heteroatoms. The Bertz CT molecular complexity index is 292. The average molecular weight is 180 g/mol. The first-order valence-corrected chi connectivity index (χ1v) is 4.46. The van der Waals surface area contributed by atoms with Gasteiger partial charge in [0.05, 0.1) is 12.2 Å². The van der Waals surface area contributed by atoms with Crippen molar-refractivity contribution in [3.63, 3.8) is 0 Å². The Balaban J connectivity index is 2.11. The molecule has 0 bridgehead atoms. The van der Waals surface area contributed by atoms with Crippen molar-refractivity contribution in [2.24, 2.45) is 7.05 Å². The maximum absolute atomic E-state index is 5.60. The van der Waals surface area contributed by atoms with Crippen molar-refractivity contribution in [1.82, 2.24) is 9.78 Å². The van der Waals surface area contributed by atoms with Crippen molar-refractivity contribution < 1.29 is 9.31 Å². The van der Waals surface area contributed by atoms with Crippen molar-refractivity contribution in [2.75, 3.05) is 0 Å². The van der Waals surface area contributed by atoms with Crippen LogP contribution in [0.3, 0.4) is 0 Å². The van der Waals surface area contributed by atoms with Crippen LogP contribution in [0.2, 0.25) is 0 Å². The van der Waals surface area contributed by atoms with E-state index in [9.17, 15) is 0 Å². The maximum Gasteiger partial charge on any atom is 0.497 e. The molecule has 1 saturated heterocycles. The standard InChI is InChI=1S/C8H13BN2O2/c1-6-7(2)13-9(12-6)8-4-10-11(3)5-8/h4-7H,1-3H3. The molecule has 0 aromatic carbocycles. The van der Waals surface area contributed by atoms with Gasteiger partial charge in [-0.25, -0.2) is 0 Å². The summed E-state index contributed by atoms with van der Waals surface area (Å²) >= 11 is 0. The molecular weight excluding hydrogens is 167 g/mol. The average Bonchev–Trinajstić information content (AvgIpc) is 2.61. The Labute approximate surface area is 78.0 Å². The molecule has 2 unspecified atom stereocenters. The second kappa shape index (κ2) is 3.16. The van der Waals surface area contributed by atoms with Gasteiger partial charge in [0.15, 0.2) is 0 Å². The molecule has 0 spiro atoms. The molecule has 0 radical (unpaired) electrons. The zero-order valence-electron chi connectivity index (χ0n) is 8.10. The molecule has 0 saturated carbocycles. The largest absolute Gasteiger partial charge is 0.497 e. The Morgan fingerprint density at radius 1 is 1.38 bits per heavy atom. The van der Waals surface area contributed by atoms with E-state index in [1.54, 1.807) is 10.9 Å². The first-order valence-electron chi connectivity index (χ1n) is 4.46. The van der Waals surface area contributed by atoms with Crippen LogP contribution in [0.25, 0.3) is 0 Å². The summed E-state index contributed by atoms with van der Waals surface area (Å²) in [5.74, 6) is 0. The van der Waals surface area contributed by atoms with Crippen molar-refractivity contribution in [3.8, 4) is 0 Å². The highest BCUT2D eigenvalue weighted by atomic mass is 16.7. The quantitative estimate of drug-likeness (QED) is 0.568. The number of hydrogen-bond acceptors (Lipinski definition) is 3.